The number of benzene rings is 2. The van der Waals surface area contributed by atoms with Crippen LogP contribution in [0.4, 0.5) is 0 Å². The second-order valence-corrected chi connectivity index (χ2v) is 7.02. The first-order valence-electron chi connectivity index (χ1n) is 9.52. The Morgan fingerprint density at radius 2 is 1.89 bits per heavy atom. The minimum absolute atomic E-state index is 0.0574. The lowest BCUT2D eigenvalue weighted by molar-refractivity contribution is -0.00672. The minimum atomic E-state index is 0.0574. The third-order valence-corrected chi connectivity index (χ3v) is 4.93. The molecule has 0 N–H and O–H groups in total. The van der Waals surface area contributed by atoms with Crippen LogP contribution in [-0.4, -0.2) is 50.2 Å². The van der Waals surface area contributed by atoms with Gasteiger partial charge in [0.05, 0.1) is 19.3 Å². The molecule has 4 rings (SSSR count). The average molecular weight is 377 g/mol. The summed E-state index contributed by atoms with van der Waals surface area (Å²) in [6, 6.07) is 17.8. The number of amides is 1. The van der Waals surface area contributed by atoms with E-state index in [1.165, 1.54) is 0 Å². The molecular weight excluding hydrogens is 354 g/mol. The van der Waals surface area contributed by atoms with Crippen molar-refractivity contribution < 1.29 is 9.53 Å². The van der Waals surface area contributed by atoms with E-state index in [0.717, 1.165) is 30.5 Å². The molecule has 1 amide bonds. The molecule has 3 aromatic rings. The lowest BCUT2D eigenvalue weighted by atomic mass is 10.1. The quantitative estimate of drug-likeness (QED) is 0.660. The number of carbonyl (C=O) groups is 1. The van der Waals surface area contributed by atoms with Crippen LogP contribution in [0.5, 0.6) is 0 Å². The highest BCUT2D eigenvalue weighted by molar-refractivity contribution is 5.94. The van der Waals surface area contributed by atoms with E-state index >= 15 is 0 Å². The first-order valence-corrected chi connectivity index (χ1v) is 9.52. The number of piperidine rings is 1. The Balaban J connectivity index is 1.33. The van der Waals surface area contributed by atoms with Gasteiger partial charge in [0.1, 0.15) is 6.33 Å². The van der Waals surface area contributed by atoms with Gasteiger partial charge < -0.3 is 9.64 Å². The molecule has 1 fully saturated rings. The summed E-state index contributed by atoms with van der Waals surface area (Å²) in [5.41, 5.74) is 2.90. The van der Waals surface area contributed by atoms with E-state index in [1.807, 2.05) is 47.4 Å². The van der Waals surface area contributed by atoms with Crippen LogP contribution in [0, 0.1) is 0 Å². The summed E-state index contributed by atoms with van der Waals surface area (Å²) in [6.45, 7) is 2.58. The lowest BCUT2D eigenvalue weighted by Crippen LogP contribution is -2.43. The second kappa shape index (κ2) is 8.75. The zero-order chi connectivity index (χ0) is 19.2. The van der Waals surface area contributed by atoms with Crippen molar-refractivity contribution in [3.8, 4) is 0 Å². The van der Waals surface area contributed by atoms with Crippen molar-refractivity contribution in [3.63, 3.8) is 0 Å². The van der Waals surface area contributed by atoms with Crippen LogP contribution in [-0.2, 0) is 17.9 Å². The van der Waals surface area contributed by atoms with Gasteiger partial charge in [0.25, 0.3) is 5.91 Å². The fourth-order valence-electron chi connectivity index (χ4n) is 3.42. The molecule has 2 aromatic carbocycles. The van der Waals surface area contributed by atoms with Gasteiger partial charge in [-0.05, 0) is 46.5 Å². The Kier molecular flexibility index (Phi) is 5.72. The topological polar surface area (TPSA) is 73.1 Å². The van der Waals surface area contributed by atoms with E-state index in [-0.39, 0.29) is 12.0 Å². The van der Waals surface area contributed by atoms with E-state index in [9.17, 15) is 4.79 Å². The third-order valence-electron chi connectivity index (χ3n) is 4.93. The summed E-state index contributed by atoms with van der Waals surface area (Å²) in [5.74, 6) is 0.0574. The molecule has 1 aliphatic rings. The number of tetrazole rings is 1. The summed E-state index contributed by atoms with van der Waals surface area (Å²) in [6.07, 6.45) is 3.60. The van der Waals surface area contributed by atoms with Crippen molar-refractivity contribution in [2.75, 3.05) is 13.1 Å². The van der Waals surface area contributed by atoms with Crippen LogP contribution in [0.2, 0.25) is 0 Å². The maximum Gasteiger partial charge on any atom is 0.253 e. The number of likely N-dealkylation sites (tertiary alicyclic amines) is 1. The Morgan fingerprint density at radius 3 is 2.64 bits per heavy atom. The van der Waals surface area contributed by atoms with Crippen LogP contribution in [0.15, 0.2) is 60.9 Å². The zero-order valence-electron chi connectivity index (χ0n) is 15.6. The minimum Gasteiger partial charge on any atom is -0.372 e. The molecule has 2 heterocycles. The van der Waals surface area contributed by atoms with E-state index in [2.05, 4.69) is 27.7 Å². The molecule has 7 heteroatoms. The highest BCUT2D eigenvalue weighted by Gasteiger charge is 2.25. The monoisotopic (exact) mass is 377 g/mol. The number of carbonyl (C=O) groups excluding carboxylic acids is 1. The van der Waals surface area contributed by atoms with Gasteiger partial charge in [-0.15, -0.1) is 5.10 Å². The number of rotatable bonds is 6. The molecule has 0 unspecified atom stereocenters. The highest BCUT2D eigenvalue weighted by atomic mass is 16.5. The smallest absolute Gasteiger partial charge is 0.253 e. The van der Waals surface area contributed by atoms with E-state index in [4.69, 9.17) is 4.74 Å². The molecule has 28 heavy (non-hydrogen) atoms. The van der Waals surface area contributed by atoms with Gasteiger partial charge >= 0.3 is 0 Å². The van der Waals surface area contributed by atoms with E-state index in [0.29, 0.717) is 25.3 Å². The molecule has 1 aromatic heterocycles. The first kappa shape index (κ1) is 18.3. The van der Waals surface area contributed by atoms with Crippen molar-refractivity contribution in [2.24, 2.45) is 0 Å². The van der Waals surface area contributed by atoms with Crippen LogP contribution < -0.4 is 0 Å². The van der Waals surface area contributed by atoms with E-state index < -0.39 is 0 Å². The number of nitrogens with zero attached hydrogens (tertiary/aromatic N) is 5. The molecular formula is C21H23N5O2. The Morgan fingerprint density at radius 1 is 1.07 bits per heavy atom. The molecule has 0 bridgehead atoms. The van der Waals surface area contributed by atoms with Gasteiger partial charge in [0.2, 0.25) is 0 Å². The van der Waals surface area contributed by atoms with Crippen molar-refractivity contribution >= 4 is 5.91 Å². The molecule has 1 saturated heterocycles. The summed E-state index contributed by atoms with van der Waals surface area (Å²) < 4.78 is 7.70. The Labute approximate surface area is 163 Å². The second-order valence-electron chi connectivity index (χ2n) is 7.02. The standard InChI is InChI=1S/C21H23N5O2/c27-21(19-10-8-17(9-11-19)13-26-16-22-23-24-26)25-12-4-7-20(14-25)28-15-18-5-2-1-3-6-18/h1-3,5-6,8-11,16,20H,4,7,12-15H2/t20-/m1/s1. The van der Waals surface area contributed by atoms with Gasteiger partial charge in [-0.25, -0.2) is 4.68 Å². The van der Waals surface area contributed by atoms with E-state index in [1.54, 1.807) is 11.0 Å². The van der Waals surface area contributed by atoms with Gasteiger partial charge in [0.15, 0.2) is 0 Å². The summed E-state index contributed by atoms with van der Waals surface area (Å²) in [4.78, 5) is 14.8. The van der Waals surface area contributed by atoms with Crippen LogP contribution in [0.1, 0.15) is 34.3 Å². The van der Waals surface area contributed by atoms with Crippen molar-refractivity contribution in [2.45, 2.75) is 32.1 Å². The zero-order valence-corrected chi connectivity index (χ0v) is 15.6. The average Bonchev–Trinajstić information content (AvgIpc) is 3.26. The van der Waals surface area contributed by atoms with Crippen LogP contribution in [0.25, 0.3) is 0 Å². The summed E-state index contributed by atoms with van der Waals surface area (Å²) in [5, 5.41) is 11.1. The third kappa shape index (κ3) is 4.61. The van der Waals surface area contributed by atoms with Gasteiger partial charge in [-0.2, -0.15) is 0 Å². The highest BCUT2D eigenvalue weighted by Crippen LogP contribution is 2.18. The van der Waals surface area contributed by atoms with Crippen molar-refractivity contribution in [3.05, 3.63) is 77.6 Å². The summed E-state index contributed by atoms with van der Waals surface area (Å²) in [7, 11) is 0. The van der Waals surface area contributed by atoms with Crippen molar-refractivity contribution in [1.29, 1.82) is 0 Å². The molecule has 0 spiro atoms. The van der Waals surface area contributed by atoms with Gasteiger partial charge in [0, 0.05) is 18.7 Å². The maximum absolute atomic E-state index is 12.9. The predicted octanol–water partition coefficient (Wildman–Crippen LogP) is 2.54. The normalized spacial score (nSPS) is 16.9. The molecule has 0 saturated carbocycles. The fourth-order valence-corrected chi connectivity index (χ4v) is 3.42. The largest absolute Gasteiger partial charge is 0.372 e. The summed E-state index contributed by atoms with van der Waals surface area (Å²) >= 11 is 0. The van der Waals surface area contributed by atoms with Gasteiger partial charge in [-0.1, -0.05) is 42.5 Å². The Hall–Kier alpha value is -3.06. The maximum atomic E-state index is 12.9. The molecule has 7 nitrogen and oxygen atoms in total. The number of aromatic nitrogens is 4. The SMILES string of the molecule is O=C(c1ccc(Cn2cnnn2)cc1)N1CCC[C@@H](OCc2ccccc2)C1. The molecule has 144 valence electrons. The first-order chi connectivity index (χ1) is 13.8. The fraction of sp³-hybridized carbons (Fsp3) is 0.333. The number of ether oxygens (including phenoxy) is 1. The van der Waals surface area contributed by atoms with Crippen molar-refractivity contribution in [1.82, 2.24) is 25.1 Å². The Bertz CT molecular complexity index is 881. The molecule has 0 aliphatic carbocycles. The molecule has 1 atom stereocenters. The number of hydrogen-bond donors (Lipinski definition) is 0. The lowest BCUT2D eigenvalue weighted by Gasteiger charge is -2.32. The van der Waals surface area contributed by atoms with Crippen LogP contribution in [0.3, 0.4) is 0 Å². The van der Waals surface area contributed by atoms with Gasteiger partial charge in [-0.3, -0.25) is 4.79 Å². The molecule has 1 aliphatic heterocycles. The number of hydrogen-bond acceptors (Lipinski definition) is 5. The van der Waals surface area contributed by atoms with Crippen LogP contribution >= 0.6 is 0 Å². The predicted molar refractivity (Wildman–Crippen MR) is 104 cm³/mol. The molecule has 0 radical (unpaired) electrons.